The lowest BCUT2D eigenvalue weighted by atomic mass is 9.79. The zero-order valence-corrected chi connectivity index (χ0v) is 22.7. The molecule has 2 saturated heterocycles. The highest BCUT2D eigenvalue weighted by Crippen LogP contribution is 2.40. The van der Waals surface area contributed by atoms with Gasteiger partial charge < -0.3 is 20.2 Å². The van der Waals surface area contributed by atoms with Crippen molar-refractivity contribution in [3.8, 4) is 0 Å². The number of rotatable bonds is 3. The highest BCUT2D eigenvalue weighted by atomic mass is 19.4. The summed E-state index contributed by atoms with van der Waals surface area (Å²) in [5, 5.41) is 21.4. The highest BCUT2D eigenvalue weighted by molar-refractivity contribution is 5.73. The van der Waals surface area contributed by atoms with E-state index in [2.05, 4.69) is 30.8 Å². The molecule has 21 heteroatoms. The SMILES string of the molecule is Fc1cnc(N2CCCC3(CCN(Cc4ccccn4)C3)C2)nc1.O=C(O)C(F)(F)F.O=C(O)C(F)(F)F.O=C(O)C(F)(F)F. The van der Waals surface area contributed by atoms with Gasteiger partial charge in [0, 0.05) is 37.8 Å². The summed E-state index contributed by atoms with van der Waals surface area (Å²) in [5.74, 6) is -8.00. The molecule has 4 heterocycles. The second kappa shape index (κ2) is 16.1. The van der Waals surface area contributed by atoms with Crippen LogP contribution in [0.4, 0.5) is 49.9 Å². The van der Waals surface area contributed by atoms with Crippen molar-refractivity contribution in [1.29, 1.82) is 0 Å². The van der Waals surface area contributed by atoms with E-state index >= 15 is 0 Å². The molecule has 0 amide bonds. The summed E-state index contributed by atoms with van der Waals surface area (Å²) in [7, 11) is 0. The van der Waals surface area contributed by atoms with E-state index in [0.29, 0.717) is 11.4 Å². The van der Waals surface area contributed by atoms with Crippen LogP contribution in [0.1, 0.15) is 25.0 Å². The number of aromatic nitrogens is 3. The van der Waals surface area contributed by atoms with Gasteiger partial charge in [-0.15, -0.1) is 0 Å². The van der Waals surface area contributed by atoms with E-state index in [1.807, 2.05) is 18.3 Å². The van der Waals surface area contributed by atoms with E-state index in [1.165, 1.54) is 25.2 Å². The Morgan fingerprint density at radius 2 is 1.24 bits per heavy atom. The summed E-state index contributed by atoms with van der Waals surface area (Å²) in [6.07, 6.45) is -7.31. The number of halogens is 10. The average molecular weight is 669 g/mol. The first-order valence-electron chi connectivity index (χ1n) is 12.3. The number of hydrogen-bond donors (Lipinski definition) is 3. The van der Waals surface area contributed by atoms with Crippen LogP contribution in [-0.4, -0.2) is 97.8 Å². The number of anilines is 1. The van der Waals surface area contributed by atoms with E-state index < -0.39 is 36.4 Å². The fraction of sp³-hybridized carbons (Fsp3) is 0.500. The fourth-order valence-electron chi connectivity index (χ4n) is 4.06. The van der Waals surface area contributed by atoms with E-state index in [0.717, 1.165) is 44.8 Å². The third-order valence-corrected chi connectivity index (χ3v) is 5.91. The first-order chi connectivity index (χ1) is 20.6. The van der Waals surface area contributed by atoms with Gasteiger partial charge in [-0.2, -0.15) is 39.5 Å². The quantitative estimate of drug-likeness (QED) is 0.398. The number of carboxylic acid groups (broad SMARTS) is 3. The van der Waals surface area contributed by atoms with Gasteiger partial charge in [0.25, 0.3) is 0 Å². The molecule has 1 atom stereocenters. The van der Waals surface area contributed by atoms with Gasteiger partial charge in [-0.3, -0.25) is 9.88 Å². The molecule has 0 aromatic carbocycles. The molecule has 11 nitrogen and oxygen atoms in total. The average Bonchev–Trinajstić information content (AvgIpc) is 3.30. The predicted octanol–water partition coefficient (Wildman–Crippen LogP) is 4.40. The van der Waals surface area contributed by atoms with Gasteiger partial charge in [-0.1, -0.05) is 6.07 Å². The number of piperidine rings is 1. The van der Waals surface area contributed by atoms with Crippen LogP contribution in [0.3, 0.4) is 0 Å². The zero-order chi connectivity index (χ0) is 34.6. The molecule has 2 aliphatic rings. The number of likely N-dealkylation sites (tertiary alicyclic amines) is 1. The molecule has 45 heavy (non-hydrogen) atoms. The van der Waals surface area contributed by atoms with Crippen LogP contribution in [0.2, 0.25) is 0 Å². The Balaban J connectivity index is 0.000000396. The van der Waals surface area contributed by atoms with Crippen LogP contribution in [0.15, 0.2) is 36.8 Å². The van der Waals surface area contributed by atoms with Gasteiger partial charge in [0.2, 0.25) is 5.95 Å². The molecule has 1 unspecified atom stereocenters. The maximum atomic E-state index is 13.1. The van der Waals surface area contributed by atoms with Crippen molar-refractivity contribution in [3.63, 3.8) is 0 Å². The summed E-state index contributed by atoms with van der Waals surface area (Å²) >= 11 is 0. The molecule has 2 aromatic heterocycles. The maximum absolute atomic E-state index is 13.1. The van der Waals surface area contributed by atoms with Crippen molar-refractivity contribution in [2.75, 3.05) is 31.1 Å². The van der Waals surface area contributed by atoms with Crippen LogP contribution < -0.4 is 4.90 Å². The number of nitrogens with zero attached hydrogens (tertiary/aromatic N) is 5. The molecule has 1 spiro atoms. The molecule has 0 aliphatic carbocycles. The summed E-state index contributed by atoms with van der Waals surface area (Å²) in [5.41, 5.74) is 1.43. The van der Waals surface area contributed by atoms with Crippen molar-refractivity contribution in [1.82, 2.24) is 19.9 Å². The molecule has 0 radical (unpaired) electrons. The van der Waals surface area contributed by atoms with Crippen LogP contribution in [0.25, 0.3) is 0 Å². The van der Waals surface area contributed by atoms with Gasteiger partial charge in [0.05, 0.1) is 18.1 Å². The van der Waals surface area contributed by atoms with Crippen LogP contribution in [-0.2, 0) is 20.9 Å². The third-order valence-electron chi connectivity index (χ3n) is 5.91. The molecule has 2 aliphatic heterocycles. The first kappa shape index (κ1) is 38.7. The molecule has 2 aromatic rings. The van der Waals surface area contributed by atoms with Crippen LogP contribution in [0, 0.1) is 11.2 Å². The van der Waals surface area contributed by atoms with E-state index in [-0.39, 0.29) is 5.82 Å². The minimum atomic E-state index is -5.08. The number of pyridine rings is 1. The fourth-order valence-corrected chi connectivity index (χ4v) is 4.06. The summed E-state index contributed by atoms with van der Waals surface area (Å²) in [6.45, 7) is 5.01. The Morgan fingerprint density at radius 1 is 0.756 bits per heavy atom. The topological polar surface area (TPSA) is 157 Å². The molecule has 3 N–H and O–H groups in total. The third kappa shape index (κ3) is 14.4. The van der Waals surface area contributed by atoms with Crippen LogP contribution >= 0.6 is 0 Å². The van der Waals surface area contributed by atoms with Crippen molar-refractivity contribution < 1.29 is 73.6 Å². The van der Waals surface area contributed by atoms with Gasteiger partial charge in [0.1, 0.15) is 0 Å². The van der Waals surface area contributed by atoms with Gasteiger partial charge in [0.15, 0.2) is 5.82 Å². The van der Waals surface area contributed by atoms with Gasteiger partial charge in [-0.25, -0.2) is 28.7 Å². The van der Waals surface area contributed by atoms with Gasteiger partial charge in [-0.05, 0) is 37.9 Å². The van der Waals surface area contributed by atoms with Crippen molar-refractivity contribution in [3.05, 3.63) is 48.3 Å². The summed E-state index contributed by atoms with van der Waals surface area (Å²) in [4.78, 5) is 44.2. The molecule has 2 fully saturated rings. The zero-order valence-electron chi connectivity index (χ0n) is 22.7. The Labute approximate surface area is 247 Å². The minimum absolute atomic E-state index is 0.296. The normalized spacial score (nSPS) is 18.4. The molecular weight excluding hydrogens is 644 g/mol. The number of hydrogen-bond acceptors (Lipinski definition) is 8. The Hall–Kier alpha value is -4.30. The summed E-state index contributed by atoms with van der Waals surface area (Å²) in [6, 6.07) is 6.09. The molecule has 252 valence electrons. The van der Waals surface area contributed by atoms with Crippen molar-refractivity contribution in [2.24, 2.45) is 5.41 Å². The number of aliphatic carboxylic acids is 3. The van der Waals surface area contributed by atoms with E-state index in [1.54, 1.807) is 0 Å². The second-order valence-corrected chi connectivity index (χ2v) is 9.42. The number of alkyl halides is 9. The lowest BCUT2D eigenvalue weighted by Gasteiger charge is -2.40. The maximum Gasteiger partial charge on any atom is 0.490 e. The molecule has 0 bridgehead atoms. The van der Waals surface area contributed by atoms with Crippen molar-refractivity contribution in [2.45, 2.75) is 44.3 Å². The van der Waals surface area contributed by atoms with Crippen LogP contribution in [0.5, 0.6) is 0 Å². The monoisotopic (exact) mass is 669 g/mol. The first-order valence-corrected chi connectivity index (χ1v) is 12.3. The van der Waals surface area contributed by atoms with Crippen molar-refractivity contribution >= 4 is 23.9 Å². The largest absolute Gasteiger partial charge is 0.490 e. The van der Waals surface area contributed by atoms with Gasteiger partial charge >= 0.3 is 36.4 Å². The van der Waals surface area contributed by atoms with E-state index in [4.69, 9.17) is 29.7 Å². The molecule has 0 saturated carbocycles. The Bertz CT molecular complexity index is 1190. The standard InChI is InChI=1S/C18H22FN5.3C2HF3O2/c19-15-10-21-17(22-11-15)24-8-3-5-18(14-24)6-9-23(13-18)12-16-4-1-2-7-20-16;3*3-2(4,5)1(6)7/h1-2,4,7,10-11H,3,5-6,8-9,12-14H2;3*(H,6,7). The highest BCUT2D eigenvalue weighted by Gasteiger charge is 2.42. The number of carbonyl (C=O) groups is 3. The Morgan fingerprint density at radius 3 is 1.67 bits per heavy atom. The minimum Gasteiger partial charge on any atom is -0.475 e. The lowest BCUT2D eigenvalue weighted by molar-refractivity contribution is -0.193. The predicted molar refractivity (Wildman–Crippen MR) is 131 cm³/mol. The Kier molecular flexibility index (Phi) is 13.9. The molecule has 4 rings (SSSR count). The summed E-state index contributed by atoms with van der Waals surface area (Å²) < 4.78 is 108. The lowest BCUT2D eigenvalue weighted by Crippen LogP contribution is -2.45. The number of carboxylic acids is 3. The van der Waals surface area contributed by atoms with E-state index in [9.17, 15) is 43.9 Å². The molecular formula is C24H25F10N5O6. The second-order valence-electron chi connectivity index (χ2n) is 9.42. The smallest absolute Gasteiger partial charge is 0.475 e.